The molecule has 18 heavy (non-hydrogen) atoms. The van der Waals surface area contributed by atoms with Gasteiger partial charge >= 0.3 is 5.97 Å². The van der Waals surface area contributed by atoms with Crippen molar-refractivity contribution in [1.29, 1.82) is 0 Å². The minimum absolute atomic E-state index is 0.131. The number of hydrogen-bond acceptors (Lipinski definition) is 5. The Morgan fingerprint density at radius 2 is 2.28 bits per heavy atom. The monoisotopic (exact) mass is 275 g/mol. The molecule has 8 heteroatoms. The maximum absolute atomic E-state index is 11.8. The molecule has 0 aliphatic carbocycles. The number of hydrogen-bond donors (Lipinski definition) is 2. The third kappa shape index (κ3) is 2.89. The molecule has 1 atom stereocenters. The minimum atomic E-state index is -3.82. The smallest absolute Gasteiger partial charge is 0.371 e. The predicted octanol–water partition coefficient (Wildman–Crippen LogP) is 0.435. The standard InChI is InChI=1S/C10H13NO6S/c12-10(13)8-3-4-9(17-8)18(14,15)11-6-7-2-1-5-16-7/h3-4,7,11H,1-2,5-6H2,(H,12,13). The number of aromatic carboxylic acids is 1. The number of ether oxygens (including phenoxy) is 1. The molecule has 7 nitrogen and oxygen atoms in total. The Kier molecular flexibility index (Phi) is 3.69. The molecule has 1 fully saturated rings. The van der Waals surface area contributed by atoms with Crippen LogP contribution < -0.4 is 4.72 Å². The summed E-state index contributed by atoms with van der Waals surface area (Å²) in [6.07, 6.45) is 1.59. The fourth-order valence-electron chi connectivity index (χ4n) is 1.66. The molecule has 0 spiro atoms. The number of carbonyl (C=O) groups is 1. The molecule has 100 valence electrons. The van der Waals surface area contributed by atoms with Crippen LogP contribution in [0.3, 0.4) is 0 Å². The SMILES string of the molecule is O=C(O)c1ccc(S(=O)(=O)NCC2CCCO2)o1. The maximum atomic E-state index is 11.8. The fraction of sp³-hybridized carbons (Fsp3) is 0.500. The summed E-state index contributed by atoms with van der Waals surface area (Å²) in [5, 5.41) is 8.23. The first-order chi connectivity index (χ1) is 8.49. The average molecular weight is 275 g/mol. The third-order valence-corrected chi connectivity index (χ3v) is 3.88. The molecule has 1 aliphatic rings. The van der Waals surface area contributed by atoms with Gasteiger partial charge in [-0.3, -0.25) is 0 Å². The van der Waals surface area contributed by atoms with Gasteiger partial charge in [0.25, 0.3) is 10.0 Å². The van der Waals surface area contributed by atoms with E-state index < -0.39 is 26.8 Å². The first kappa shape index (κ1) is 13.1. The van der Waals surface area contributed by atoms with Crippen molar-refractivity contribution < 1.29 is 27.5 Å². The molecule has 1 aliphatic heterocycles. The minimum Gasteiger partial charge on any atom is -0.475 e. The van der Waals surface area contributed by atoms with Crippen LogP contribution in [0.15, 0.2) is 21.6 Å². The summed E-state index contributed by atoms with van der Waals surface area (Å²) >= 11 is 0. The fourth-order valence-corrected chi connectivity index (χ4v) is 2.65. The van der Waals surface area contributed by atoms with Gasteiger partial charge in [0.15, 0.2) is 0 Å². The highest BCUT2D eigenvalue weighted by Crippen LogP contribution is 2.15. The van der Waals surface area contributed by atoms with E-state index in [1.165, 1.54) is 0 Å². The van der Waals surface area contributed by atoms with Crippen molar-refractivity contribution in [1.82, 2.24) is 4.72 Å². The molecule has 0 aromatic carbocycles. The van der Waals surface area contributed by atoms with E-state index in [0.717, 1.165) is 25.0 Å². The van der Waals surface area contributed by atoms with E-state index in [-0.39, 0.29) is 12.6 Å². The summed E-state index contributed by atoms with van der Waals surface area (Å²) in [7, 11) is -3.82. The second kappa shape index (κ2) is 5.09. The van der Waals surface area contributed by atoms with E-state index >= 15 is 0 Å². The lowest BCUT2D eigenvalue weighted by atomic mass is 10.2. The third-order valence-electron chi connectivity index (χ3n) is 2.58. The zero-order valence-corrected chi connectivity index (χ0v) is 10.3. The first-order valence-electron chi connectivity index (χ1n) is 5.43. The Morgan fingerprint density at radius 1 is 1.50 bits per heavy atom. The zero-order chi connectivity index (χ0) is 13.2. The molecule has 1 aromatic heterocycles. The van der Waals surface area contributed by atoms with Crippen LogP contribution >= 0.6 is 0 Å². The van der Waals surface area contributed by atoms with E-state index in [9.17, 15) is 13.2 Å². The number of carboxylic acids is 1. The summed E-state index contributed by atoms with van der Waals surface area (Å²) in [5.41, 5.74) is 0. The average Bonchev–Trinajstić information content (AvgIpc) is 2.98. The Hall–Kier alpha value is -1.38. The van der Waals surface area contributed by atoms with Crippen LogP contribution in [0.2, 0.25) is 0 Å². The second-order valence-corrected chi connectivity index (χ2v) is 5.61. The van der Waals surface area contributed by atoms with Crippen molar-refractivity contribution in [3.63, 3.8) is 0 Å². The lowest BCUT2D eigenvalue weighted by molar-refractivity contribution is 0.0656. The normalized spacial score (nSPS) is 20.1. The lowest BCUT2D eigenvalue weighted by Gasteiger charge is -2.09. The Labute approximate surface area is 104 Å². The van der Waals surface area contributed by atoms with E-state index in [2.05, 4.69) is 4.72 Å². The number of rotatable bonds is 5. The van der Waals surface area contributed by atoms with Gasteiger partial charge < -0.3 is 14.3 Å². The van der Waals surface area contributed by atoms with Crippen LogP contribution in [0, 0.1) is 0 Å². The molecule has 0 saturated carbocycles. The number of furan rings is 1. The molecule has 2 rings (SSSR count). The molecule has 2 N–H and O–H groups in total. The van der Waals surface area contributed by atoms with E-state index in [1.54, 1.807) is 0 Å². The van der Waals surface area contributed by atoms with Crippen molar-refractivity contribution in [2.45, 2.75) is 24.0 Å². The molecule has 1 saturated heterocycles. The van der Waals surface area contributed by atoms with E-state index in [1.807, 2.05) is 0 Å². The summed E-state index contributed by atoms with van der Waals surface area (Å²) in [4.78, 5) is 10.6. The first-order valence-corrected chi connectivity index (χ1v) is 6.92. The second-order valence-electron chi connectivity index (χ2n) is 3.91. The molecular formula is C10H13NO6S. The zero-order valence-electron chi connectivity index (χ0n) is 9.46. The van der Waals surface area contributed by atoms with Crippen LogP contribution in [0.5, 0.6) is 0 Å². The predicted molar refractivity (Wildman–Crippen MR) is 59.8 cm³/mol. The van der Waals surface area contributed by atoms with Gasteiger partial charge in [0.2, 0.25) is 10.9 Å². The molecule has 1 unspecified atom stereocenters. The van der Waals surface area contributed by atoms with Gasteiger partial charge in [0.1, 0.15) is 0 Å². The summed E-state index contributed by atoms with van der Waals surface area (Å²) in [5.74, 6) is -1.72. The Balaban J connectivity index is 2.02. The van der Waals surface area contributed by atoms with Crippen molar-refractivity contribution in [2.24, 2.45) is 0 Å². The van der Waals surface area contributed by atoms with Gasteiger partial charge in [-0.2, -0.15) is 0 Å². The highest BCUT2D eigenvalue weighted by atomic mass is 32.2. The molecular weight excluding hydrogens is 262 g/mol. The van der Waals surface area contributed by atoms with Gasteiger partial charge in [-0.25, -0.2) is 17.9 Å². The lowest BCUT2D eigenvalue weighted by Crippen LogP contribution is -2.31. The van der Waals surface area contributed by atoms with Crippen LogP contribution in [0.1, 0.15) is 23.4 Å². The number of nitrogens with one attached hydrogen (secondary N) is 1. The van der Waals surface area contributed by atoms with Crippen molar-refractivity contribution in [2.75, 3.05) is 13.2 Å². The number of carboxylic acid groups (broad SMARTS) is 1. The highest BCUT2D eigenvalue weighted by molar-refractivity contribution is 7.89. The molecule has 0 radical (unpaired) electrons. The largest absolute Gasteiger partial charge is 0.475 e. The van der Waals surface area contributed by atoms with Crippen molar-refractivity contribution >= 4 is 16.0 Å². The number of sulfonamides is 1. The van der Waals surface area contributed by atoms with Gasteiger partial charge in [-0.1, -0.05) is 0 Å². The van der Waals surface area contributed by atoms with Crippen molar-refractivity contribution in [3.05, 3.63) is 17.9 Å². The van der Waals surface area contributed by atoms with E-state index in [0.29, 0.717) is 6.61 Å². The van der Waals surface area contributed by atoms with Crippen LogP contribution in [-0.4, -0.2) is 38.7 Å². The quantitative estimate of drug-likeness (QED) is 0.807. The maximum Gasteiger partial charge on any atom is 0.371 e. The van der Waals surface area contributed by atoms with Crippen LogP contribution in [0.25, 0.3) is 0 Å². The summed E-state index contributed by atoms with van der Waals surface area (Å²) < 4.78 is 35.9. The Bertz CT molecular complexity index is 528. The summed E-state index contributed by atoms with van der Waals surface area (Å²) in [6.45, 7) is 0.793. The Morgan fingerprint density at radius 3 is 2.83 bits per heavy atom. The van der Waals surface area contributed by atoms with E-state index in [4.69, 9.17) is 14.3 Å². The van der Waals surface area contributed by atoms with Gasteiger partial charge in [-0.05, 0) is 25.0 Å². The van der Waals surface area contributed by atoms with Gasteiger partial charge in [-0.15, -0.1) is 0 Å². The molecule has 1 aromatic rings. The summed E-state index contributed by atoms with van der Waals surface area (Å²) in [6, 6.07) is 2.21. The van der Waals surface area contributed by atoms with Crippen LogP contribution in [-0.2, 0) is 14.8 Å². The highest BCUT2D eigenvalue weighted by Gasteiger charge is 2.23. The topological polar surface area (TPSA) is 106 Å². The van der Waals surface area contributed by atoms with Gasteiger partial charge in [0, 0.05) is 13.2 Å². The van der Waals surface area contributed by atoms with Crippen LogP contribution in [0.4, 0.5) is 0 Å². The van der Waals surface area contributed by atoms with Gasteiger partial charge in [0.05, 0.1) is 6.10 Å². The molecule has 0 amide bonds. The van der Waals surface area contributed by atoms with Crippen molar-refractivity contribution in [3.8, 4) is 0 Å². The molecule has 2 heterocycles. The molecule has 0 bridgehead atoms.